The highest BCUT2D eigenvalue weighted by atomic mass is 35.5. The van der Waals surface area contributed by atoms with E-state index in [1.165, 1.54) is 35.6 Å². The van der Waals surface area contributed by atoms with Crippen LogP contribution >= 0.6 is 22.9 Å². The summed E-state index contributed by atoms with van der Waals surface area (Å²) in [4.78, 5) is 5.75. The molecule has 2 saturated carbocycles. The van der Waals surface area contributed by atoms with Gasteiger partial charge in [0.25, 0.3) is 0 Å². The van der Waals surface area contributed by atoms with Crippen molar-refractivity contribution >= 4 is 22.9 Å². The largest absolute Gasteiger partial charge is 0.249 e. The molecule has 76 valence electrons. The summed E-state index contributed by atoms with van der Waals surface area (Å²) in [6, 6.07) is 0. The monoisotopic (exact) mass is 227 g/mol. The Labute approximate surface area is 93.5 Å². The quantitative estimate of drug-likeness (QED) is 0.701. The van der Waals surface area contributed by atoms with Crippen molar-refractivity contribution in [3.05, 3.63) is 16.1 Å². The Morgan fingerprint density at radius 3 is 2.93 bits per heavy atom. The van der Waals surface area contributed by atoms with E-state index in [1.807, 2.05) is 17.5 Å². The molecule has 1 aromatic rings. The normalized spacial score (nSPS) is 35.4. The number of hydrogen-bond donors (Lipinski definition) is 0. The Hall–Kier alpha value is -0.0800. The third-order valence-corrected chi connectivity index (χ3v) is 5.33. The van der Waals surface area contributed by atoms with Crippen molar-refractivity contribution in [2.45, 2.75) is 37.5 Å². The first-order chi connectivity index (χ1) is 6.86. The van der Waals surface area contributed by atoms with Gasteiger partial charge < -0.3 is 0 Å². The second-order valence-corrected chi connectivity index (χ2v) is 5.99. The van der Waals surface area contributed by atoms with Crippen molar-refractivity contribution < 1.29 is 0 Å². The summed E-state index contributed by atoms with van der Waals surface area (Å²) in [7, 11) is 0. The van der Waals surface area contributed by atoms with Gasteiger partial charge in [-0.2, -0.15) is 0 Å². The predicted octanol–water partition coefficient (Wildman–Crippen LogP) is 3.79. The zero-order valence-corrected chi connectivity index (χ0v) is 9.65. The van der Waals surface area contributed by atoms with Crippen molar-refractivity contribution in [3.8, 4) is 0 Å². The van der Waals surface area contributed by atoms with Crippen LogP contribution in [0.2, 0.25) is 0 Å². The molecule has 0 spiro atoms. The number of aromatic nitrogens is 1. The molecule has 2 fully saturated rings. The first kappa shape index (κ1) is 9.17. The Balaban J connectivity index is 1.82. The summed E-state index contributed by atoms with van der Waals surface area (Å²) in [5.41, 5.74) is 0. The van der Waals surface area contributed by atoms with E-state index in [1.54, 1.807) is 0 Å². The summed E-state index contributed by atoms with van der Waals surface area (Å²) in [5, 5.41) is 1.35. The molecule has 1 nitrogen and oxygen atoms in total. The predicted molar refractivity (Wildman–Crippen MR) is 59.9 cm³/mol. The van der Waals surface area contributed by atoms with Gasteiger partial charge in [-0.15, -0.1) is 22.9 Å². The molecule has 0 N–H and O–H groups in total. The van der Waals surface area contributed by atoms with Crippen molar-refractivity contribution in [2.24, 2.45) is 11.8 Å². The maximum atomic E-state index is 5.80. The van der Waals surface area contributed by atoms with Crippen LogP contribution in [0.5, 0.6) is 0 Å². The number of nitrogens with zero attached hydrogens (tertiary/aromatic N) is 1. The zero-order chi connectivity index (χ0) is 9.54. The molecule has 3 heteroatoms. The van der Waals surface area contributed by atoms with Crippen molar-refractivity contribution in [1.82, 2.24) is 4.98 Å². The van der Waals surface area contributed by atoms with E-state index in [4.69, 9.17) is 11.6 Å². The van der Waals surface area contributed by atoms with Gasteiger partial charge in [-0.05, 0) is 31.1 Å². The minimum atomic E-state index is 0.623. The van der Waals surface area contributed by atoms with Crippen LogP contribution < -0.4 is 0 Å². The van der Waals surface area contributed by atoms with E-state index in [0.29, 0.717) is 5.88 Å². The highest BCUT2D eigenvalue weighted by Gasteiger charge is 2.41. The van der Waals surface area contributed by atoms with Crippen LogP contribution in [-0.4, -0.2) is 4.98 Å². The average molecular weight is 228 g/mol. The molecular formula is C11H14ClNS. The maximum absolute atomic E-state index is 5.80. The van der Waals surface area contributed by atoms with Crippen LogP contribution in [0.4, 0.5) is 0 Å². The summed E-state index contributed by atoms with van der Waals surface area (Å²) in [6.07, 6.45) is 7.71. The van der Waals surface area contributed by atoms with Crippen LogP contribution in [0.3, 0.4) is 0 Å². The Kier molecular flexibility index (Phi) is 2.29. The SMILES string of the molecule is ClCc1cnc(C2CC3CCC2C3)s1. The third kappa shape index (κ3) is 1.40. The molecule has 14 heavy (non-hydrogen) atoms. The molecular weight excluding hydrogens is 214 g/mol. The molecule has 2 bridgehead atoms. The van der Waals surface area contributed by atoms with Crippen LogP contribution in [0.1, 0.15) is 41.5 Å². The van der Waals surface area contributed by atoms with E-state index in [9.17, 15) is 0 Å². The lowest BCUT2D eigenvalue weighted by Crippen LogP contribution is -2.07. The van der Waals surface area contributed by atoms with E-state index in [0.717, 1.165) is 17.8 Å². The van der Waals surface area contributed by atoms with Gasteiger partial charge >= 0.3 is 0 Å². The Morgan fingerprint density at radius 2 is 2.36 bits per heavy atom. The van der Waals surface area contributed by atoms with Crippen molar-refractivity contribution in [2.75, 3.05) is 0 Å². The van der Waals surface area contributed by atoms with Gasteiger partial charge in [0, 0.05) is 17.0 Å². The first-order valence-electron chi connectivity index (χ1n) is 5.37. The fourth-order valence-corrected chi connectivity index (χ4v) is 4.31. The minimum Gasteiger partial charge on any atom is -0.249 e. The second-order valence-electron chi connectivity index (χ2n) is 4.58. The number of rotatable bonds is 2. The molecule has 2 aliphatic rings. The molecule has 0 amide bonds. The topological polar surface area (TPSA) is 12.9 Å². The lowest BCUT2D eigenvalue weighted by molar-refractivity contribution is 0.419. The number of hydrogen-bond acceptors (Lipinski definition) is 2. The molecule has 0 aromatic carbocycles. The lowest BCUT2D eigenvalue weighted by Gasteiger charge is -2.18. The van der Waals surface area contributed by atoms with E-state index >= 15 is 0 Å². The highest BCUT2D eigenvalue weighted by molar-refractivity contribution is 7.11. The van der Waals surface area contributed by atoms with Gasteiger partial charge in [0.1, 0.15) is 0 Å². The zero-order valence-electron chi connectivity index (χ0n) is 8.08. The molecule has 3 rings (SSSR count). The van der Waals surface area contributed by atoms with Gasteiger partial charge in [-0.3, -0.25) is 0 Å². The minimum absolute atomic E-state index is 0.623. The van der Waals surface area contributed by atoms with Crippen molar-refractivity contribution in [1.29, 1.82) is 0 Å². The lowest BCUT2D eigenvalue weighted by atomic mass is 9.89. The van der Waals surface area contributed by atoms with E-state index < -0.39 is 0 Å². The molecule has 1 heterocycles. The standard InChI is InChI=1S/C11H14ClNS/c12-5-9-6-13-11(14-9)10-4-7-1-2-8(10)3-7/h6-8,10H,1-5H2. The number of halogens is 1. The van der Waals surface area contributed by atoms with Crippen LogP contribution in [0.15, 0.2) is 6.20 Å². The number of alkyl halides is 1. The fraction of sp³-hybridized carbons (Fsp3) is 0.727. The van der Waals surface area contributed by atoms with Crippen molar-refractivity contribution in [3.63, 3.8) is 0 Å². The molecule has 3 unspecified atom stereocenters. The second kappa shape index (κ2) is 3.49. The van der Waals surface area contributed by atoms with Crippen LogP contribution in [0, 0.1) is 11.8 Å². The van der Waals surface area contributed by atoms with Gasteiger partial charge in [0.2, 0.25) is 0 Å². The van der Waals surface area contributed by atoms with Crippen LogP contribution in [-0.2, 0) is 5.88 Å². The van der Waals surface area contributed by atoms with Gasteiger partial charge in [-0.25, -0.2) is 4.98 Å². The highest BCUT2D eigenvalue weighted by Crippen LogP contribution is 2.53. The fourth-order valence-electron chi connectivity index (χ4n) is 3.10. The van der Waals surface area contributed by atoms with Gasteiger partial charge in [-0.1, -0.05) is 6.42 Å². The molecule has 3 atom stereocenters. The number of fused-ring (bicyclic) bond motifs is 2. The smallest absolute Gasteiger partial charge is 0.0961 e. The summed E-state index contributed by atoms with van der Waals surface area (Å²) < 4.78 is 0. The van der Waals surface area contributed by atoms with E-state index in [-0.39, 0.29) is 0 Å². The van der Waals surface area contributed by atoms with E-state index in [2.05, 4.69) is 4.98 Å². The Morgan fingerprint density at radius 1 is 1.43 bits per heavy atom. The first-order valence-corrected chi connectivity index (χ1v) is 6.72. The molecule has 0 aliphatic heterocycles. The molecule has 0 saturated heterocycles. The van der Waals surface area contributed by atoms with Gasteiger partial charge in [0.05, 0.1) is 10.9 Å². The molecule has 1 aromatic heterocycles. The summed E-state index contributed by atoms with van der Waals surface area (Å²) >= 11 is 7.62. The average Bonchev–Trinajstić information content (AvgIpc) is 2.93. The Bertz CT molecular complexity index is 336. The summed E-state index contributed by atoms with van der Waals surface area (Å²) in [6.45, 7) is 0. The molecule has 0 radical (unpaired) electrons. The summed E-state index contributed by atoms with van der Waals surface area (Å²) in [5.74, 6) is 3.34. The molecule has 2 aliphatic carbocycles. The van der Waals surface area contributed by atoms with Crippen LogP contribution in [0.25, 0.3) is 0 Å². The van der Waals surface area contributed by atoms with Gasteiger partial charge in [0.15, 0.2) is 0 Å². The maximum Gasteiger partial charge on any atom is 0.0961 e. The third-order valence-electron chi connectivity index (χ3n) is 3.76. The number of thiazole rings is 1.